The van der Waals surface area contributed by atoms with E-state index in [0.717, 1.165) is 11.3 Å². The van der Waals surface area contributed by atoms with Gasteiger partial charge < -0.3 is 10.7 Å². The first kappa shape index (κ1) is 7.92. The Bertz CT molecular complexity index is 416. The van der Waals surface area contributed by atoms with Gasteiger partial charge in [-0.05, 0) is 18.1 Å². The number of aromatic nitrogens is 1. The maximum Gasteiger partial charge on any atom is 0.0571 e. The number of benzene rings is 1. The predicted octanol–water partition coefficient (Wildman–Crippen LogP) is 2.57. The molecular formula is C11H12N2. The van der Waals surface area contributed by atoms with Gasteiger partial charge in [0.1, 0.15) is 0 Å². The number of hydrogen-bond acceptors (Lipinski definition) is 1. The third kappa shape index (κ3) is 1.31. The molecule has 0 aliphatic rings. The lowest BCUT2D eigenvalue weighted by molar-refractivity contribution is 1.41. The topological polar surface area (TPSA) is 41.8 Å². The smallest absolute Gasteiger partial charge is 0.0571 e. The normalized spacial score (nSPS) is 10.2. The fourth-order valence-electron chi connectivity index (χ4n) is 1.48. The molecule has 0 atom stereocenters. The number of rotatable bonds is 1. The molecule has 0 saturated carbocycles. The van der Waals surface area contributed by atoms with Crippen molar-refractivity contribution in [2.24, 2.45) is 0 Å². The molecule has 0 amide bonds. The minimum atomic E-state index is 0.800. The molecule has 0 fully saturated rings. The van der Waals surface area contributed by atoms with Crippen LogP contribution in [-0.2, 0) is 0 Å². The number of H-pyrrole nitrogens is 1. The molecule has 0 spiro atoms. The molecule has 0 saturated heterocycles. The Kier molecular flexibility index (Phi) is 1.81. The molecule has 0 bridgehead atoms. The van der Waals surface area contributed by atoms with Gasteiger partial charge in [-0.15, -0.1) is 0 Å². The largest absolute Gasteiger partial charge is 0.397 e. The van der Waals surface area contributed by atoms with E-state index in [1.165, 1.54) is 11.1 Å². The van der Waals surface area contributed by atoms with Crippen molar-refractivity contribution in [1.29, 1.82) is 0 Å². The first-order valence-electron chi connectivity index (χ1n) is 4.27. The molecule has 2 heteroatoms. The molecule has 0 radical (unpaired) electrons. The first-order valence-corrected chi connectivity index (χ1v) is 4.27. The summed E-state index contributed by atoms with van der Waals surface area (Å²) in [4.78, 5) is 3.00. The van der Waals surface area contributed by atoms with Crippen LogP contribution in [0, 0.1) is 6.92 Å². The Morgan fingerprint density at radius 1 is 1.08 bits per heavy atom. The van der Waals surface area contributed by atoms with E-state index in [0.29, 0.717) is 0 Å². The van der Waals surface area contributed by atoms with Crippen LogP contribution in [0.4, 0.5) is 5.69 Å². The summed E-state index contributed by atoms with van der Waals surface area (Å²) in [7, 11) is 0. The Morgan fingerprint density at radius 2 is 1.85 bits per heavy atom. The van der Waals surface area contributed by atoms with E-state index < -0.39 is 0 Å². The molecule has 1 heterocycles. The van der Waals surface area contributed by atoms with E-state index in [2.05, 4.69) is 24.0 Å². The van der Waals surface area contributed by atoms with Crippen molar-refractivity contribution < 1.29 is 0 Å². The van der Waals surface area contributed by atoms with Crippen LogP contribution in [0.25, 0.3) is 11.1 Å². The molecule has 3 N–H and O–H groups in total. The Morgan fingerprint density at radius 3 is 2.46 bits per heavy atom. The predicted molar refractivity (Wildman–Crippen MR) is 55.4 cm³/mol. The Hall–Kier alpha value is -1.70. The van der Waals surface area contributed by atoms with Gasteiger partial charge in [-0.3, -0.25) is 0 Å². The zero-order chi connectivity index (χ0) is 9.26. The van der Waals surface area contributed by atoms with Gasteiger partial charge in [0.2, 0.25) is 0 Å². The number of nitrogens with one attached hydrogen (secondary N) is 1. The number of anilines is 1. The number of aromatic amines is 1. The SMILES string of the molecule is Cc1ccccc1-c1c[nH]cc1N. The average Bonchev–Trinajstić information content (AvgIpc) is 2.52. The molecule has 2 aromatic rings. The summed E-state index contributed by atoms with van der Waals surface area (Å²) in [6, 6.07) is 8.22. The van der Waals surface area contributed by atoms with E-state index in [4.69, 9.17) is 5.73 Å². The van der Waals surface area contributed by atoms with E-state index >= 15 is 0 Å². The highest BCUT2D eigenvalue weighted by atomic mass is 14.7. The van der Waals surface area contributed by atoms with Crippen molar-refractivity contribution in [3.63, 3.8) is 0 Å². The second-order valence-corrected chi connectivity index (χ2v) is 3.14. The fourth-order valence-corrected chi connectivity index (χ4v) is 1.48. The average molecular weight is 172 g/mol. The van der Waals surface area contributed by atoms with Gasteiger partial charge >= 0.3 is 0 Å². The molecule has 1 aromatic carbocycles. The van der Waals surface area contributed by atoms with Gasteiger partial charge in [0.25, 0.3) is 0 Å². The second-order valence-electron chi connectivity index (χ2n) is 3.14. The summed E-state index contributed by atoms with van der Waals surface area (Å²) in [5.41, 5.74) is 10.1. The molecule has 2 rings (SSSR count). The van der Waals surface area contributed by atoms with Crippen LogP contribution in [0.5, 0.6) is 0 Å². The van der Waals surface area contributed by atoms with Gasteiger partial charge in [-0.2, -0.15) is 0 Å². The van der Waals surface area contributed by atoms with Gasteiger partial charge in [0.05, 0.1) is 5.69 Å². The Balaban J connectivity index is 2.59. The highest BCUT2D eigenvalue weighted by Crippen LogP contribution is 2.27. The first-order chi connectivity index (χ1) is 6.29. The summed E-state index contributed by atoms with van der Waals surface area (Å²) >= 11 is 0. The van der Waals surface area contributed by atoms with E-state index in [1.54, 1.807) is 0 Å². The molecular weight excluding hydrogens is 160 g/mol. The van der Waals surface area contributed by atoms with Crippen molar-refractivity contribution in [1.82, 2.24) is 4.98 Å². The van der Waals surface area contributed by atoms with Crippen LogP contribution in [0.1, 0.15) is 5.56 Å². The van der Waals surface area contributed by atoms with E-state index in [1.807, 2.05) is 24.5 Å². The van der Waals surface area contributed by atoms with Crippen LogP contribution in [0.2, 0.25) is 0 Å². The highest BCUT2D eigenvalue weighted by Gasteiger charge is 2.04. The minimum absolute atomic E-state index is 0.800. The lowest BCUT2D eigenvalue weighted by Crippen LogP contribution is -1.86. The molecule has 13 heavy (non-hydrogen) atoms. The lowest BCUT2D eigenvalue weighted by atomic mass is 10.0. The van der Waals surface area contributed by atoms with Crippen molar-refractivity contribution in [3.05, 3.63) is 42.2 Å². The summed E-state index contributed by atoms with van der Waals surface area (Å²) in [6.45, 7) is 2.09. The zero-order valence-corrected chi connectivity index (χ0v) is 7.54. The molecule has 2 nitrogen and oxygen atoms in total. The van der Waals surface area contributed by atoms with Gasteiger partial charge in [0.15, 0.2) is 0 Å². The lowest BCUT2D eigenvalue weighted by Gasteiger charge is -2.03. The summed E-state index contributed by atoms with van der Waals surface area (Å²) < 4.78 is 0. The van der Waals surface area contributed by atoms with Crippen LogP contribution in [-0.4, -0.2) is 4.98 Å². The number of hydrogen-bond donors (Lipinski definition) is 2. The standard InChI is InChI=1S/C11H12N2/c1-8-4-2-3-5-9(8)10-6-13-7-11(10)12/h2-7,13H,12H2,1H3. The number of nitrogens with two attached hydrogens (primary N) is 1. The molecule has 0 aliphatic carbocycles. The maximum atomic E-state index is 5.81. The summed E-state index contributed by atoms with van der Waals surface area (Å²) in [5, 5.41) is 0. The minimum Gasteiger partial charge on any atom is -0.397 e. The highest BCUT2D eigenvalue weighted by molar-refractivity contribution is 5.77. The zero-order valence-electron chi connectivity index (χ0n) is 7.54. The third-order valence-corrected chi connectivity index (χ3v) is 2.21. The van der Waals surface area contributed by atoms with Gasteiger partial charge in [-0.25, -0.2) is 0 Å². The third-order valence-electron chi connectivity index (χ3n) is 2.21. The summed E-state index contributed by atoms with van der Waals surface area (Å²) in [5.74, 6) is 0. The fraction of sp³-hybridized carbons (Fsp3) is 0.0909. The van der Waals surface area contributed by atoms with Crippen molar-refractivity contribution in [3.8, 4) is 11.1 Å². The number of nitrogen functional groups attached to an aromatic ring is 1. The van der Waals surface area contributed by atoms with E-state index in [9.17, 15) is 0 Å². The van der Waals surface area contributed by atoms with Crippen LogP contribution in [0.15, 0.2) is 36.7 Å². The molecule has 0 unspecified atom stereocenters. The van der Waals surface area contributed by atoms with Gasteiger partial charge in [-0.1, -0.05) is 24.3 Å². The van der Waals surface area contributed by atoms with Crippen LogP contribution in [0.3, 0.4) is 0 Å². The van der Waals surface area contributed by atoms with Crippen molar-refractivity contribution >= 4 is 5.69 Å². The van der Waals surface area contributed by atoms with Gasteiger partial charge in [0, 0.05) is 18.0 Å². The van der Waals surface area contributed by atoms with Crippen LogP contribution >= 0.6 is 0 Å². The maximum absolute atomic E-state index is 5.81. The van der Waals surface area contributed by atoms with Crippen molar-refractivity contribution in [2.45, 2.75) is 6.92 Å². The van der Waals surface area contributed by atoms with E-state index in [-0.39, 0.29) is 0 Å². The molecule has 0 aliphatic heterocycles. The van der Waals surface area contributed by atoms with Crippen molar-refractivity contribution in [2.75, 3.05) is 5.73 Å². The summed E-state index contributed by atoms with van der Waals surface area (Å²) in [6.07, 6.45) is 3.74. The number of aryl methyl sites for hydroxylation is 1. The second kappa shape index (κ2) is 2.98. The molecule has 66 valence electrons. The quantitative estimate of drug-likeness (QED) is 0.682. The van der Waals surface area contributed by atoms with Crippen LogP contribution < -0.4 is 5.73 Å². The monoisotopic (exact) mass is 172 g/mol. The Labute approximate surface area is 77.4 Å². The molecule has 1 aromatic heterocycles.